The van der Waals surface area contributed by atoms with E-state index < -0.39 is 23.3 Å². The van der Waals surface area contributed by atoms with Crippen molar-refractivity contribution >= 4 is 35.0 Å². The molecule has 2 aromatic carbocycles. The molecule has 2 unspecified atom stereocenters. The van der Waals surface area contributed by atoms with Crippen LogP contribution in [-0.2, 0) is 15.0 Å². The molecule has 30 heavy (non-hydrogen) atoms. The average molecular weight is 429 g/mol. The monoisotopic (exact) mass is 428 g/mol. The van der Waals surface area contributed by atoms with Crippen LogP contribution < -0.4 is 10.6 Å². The molecule has 0 aliphatic carbocycles. The number of hydrogen-bond acceptors (Lipinski definition) is 3. The summed E-state index contributed by atoms with van der Waals surface area (Å²) in [6.07, 6.45) is 0.885. The molecule has 0 aromatic heterocycles. The van der Waals surface area contributed by atoms with Crippen LogP contribution in [0.2, 0.25) is 0 Å². The molecule has 0 saturated carbocycles. The minimum atomic E-state index is -1.02. The molecular formula is C23H28N2O4S. The molecule has 160 valence electrons. The van der Waals surface area contributed by atoms with Gasteiger partial charge in [0.1, 0.15) is 0 Å². The Kier molecular flexibility index (Phi) is 7.94. The lowest BCUT2D eigenvalue weighted by Gasteiger charge is -2.26. The number of carbonyl (C=O) groups is 2. The van der Waals surface area contributed by atoms with E-state index in [4.69, 9.17) is 12.2 Å². The topological polar surface area (TPSA) is 98.7 Å². The first-order valence-corrected chi connectivity index (χ1v) is 10.3. The number of benzene rings is 2. The van der Waals surface area contributed by atoms with E-state index in [0.29, 0.717) is 24.5 Å². The number of carboxylic acids is 2. The van der Waals surface area contributed by atoms with Gasteiger partial charge < -0.3 is 20.8 Å². The van der Waals surface area contributed by atoms with Crippen molar-refractivity contribution in [2.24, 2.45) is 0 Å². The molecule has 0 spiro atoms. The largest absolute Gasteiger partial charge is 0.481 e. The predicted octanol–water partition coefficient (Wildman–Crippen LogP) is 4.29. The molecule has 2 rings (SSSR count). The number of aliphatic carboxylic acids is 2. The molecular weight excluding hydrogens is 400 g/mol. The first-order chi connectivity index (χ1) is 14.2. The van der Waals surface area contributed by atoms with Gasteiger partial charge in [0.15, 0.2) is 5.11 Å². The smallest absolute Gasteiger partial charge is 0.313 e. The highest BCUT2D eigenvalue weighted by Crippen LogP contribution is 2.28. The van der Waals surface area contributed by atoms with Crippen molar-refractivity contribution in [3.63, 3.8) is 0 Å². The van der Waals surface area contributed by atoms with Gasteiger partial charge in [-0.15, -0.1) is 0 Å². The van der Waals surface area contributed by atoms with Crippen molar-refractivity contribution in [2.45, 2.75) is 44.9 Å². The average Bonchev–Trinajstić information content (AvgIpc) is 2.70. The molecule has 2 aromatic rings. The fourth-order valence-corrected chi connectivity index (χ4v) is 3.67. The van der Waals surface area contributed by atoms with Gasteiger partial charge >= 0.3 is 11.9 Å². The molecule has 0 bridgehead atoms. The maximum atomic E-state index is 11.9. The number of aryl methyl sites for hydroxylation is 1. The number of hydrogen-bond donors (Lipinski definition) is 4. The first-order valence-electron chi connectivity index (χ1n) is 9.86. The highest BCUT2D eigenvalue weighted by Gasteiger charge is 2.34. The van der Waals surface area contributed by atoms with Gasteiger partial charge in [-0.1, -0.05) is 43.3 Å². The fraction of sp³-hybridized carbons (Fsp3) is 0.348. The minimum Gasteiger partial charge on any atom is -0.481 e. The molecule has 0 aliphatic rings. The maximum Gasteiger partial charge on any atom is 0.313 e. The standard InChI is InChI=1S/C23H28N2O4S/c1-4-18(20(26)27)19-11-10-17(14-15(19)2)25-22(30)24-13-12-23(3,21(28)29)16-8-6-5-7-9-16/h5-11,14,18H,4,12-13H2,1-3H3,(H,26,27)(H,28,29)(H2,24,25,30). The van der Waals surface area contributed by atoms with Gasteiger partial charge in [-0.3, -0.25) is 9.59 Å². The van der Waals surface area contributed by atoms with E-state index >= 15 is 0 Å². The highest BCUT2D eigenvalue weighted by atomic mass is 32.1. The third-order valence-electron chi connectivity index (χ3n) is 5.40. The van der Waals surface area contributed by atoms with E-state index in [0.717, 1.165) is 22.4 Å². The predicted molar refractivity (Wildman–Crippen MR) is 122 cm³/mol. The van der Waals surface area contributed by atoms with Crippen molar-refractivity contribution < 1.29 is 19.8 Å². The summed E-state index contributed by atoms with van der Waals surface area (Å²) >= 11 is 5.34. The van der Waals surface area contributed by atoms with Crippen molar-refractivity contribution in [1.29, 1.82) is 0 Å². The third-order valence-corrected chi connectivity index (χ3v) is 5.65. The zero-order valence-electron chi connectivity index (χ0n) is 17.4. The van der Waals surface area contributed by atoms with Crippen molar-refractivity contribution in [1.82, 2.24) is 5.32 Å². The van der Waals surface area contributed by atoms with Crippen LogP contribution in [0.25, 0.3) is 0 Å². The van der Waals surface area contributed by atoms with Crippen LogP contribution in [0, 0.1) is 6.92 Å². The van der Waals surface area contributed by atoms with E-state index in [1.807, 2.05) is 50.2 Å². The zero-order chi connectivity index (χ0) is 22.3. The molecule has 0 heterocycles. The van der Waals surface area contributed by atoms with Gasteiger partial charge in [0, 0.05) is 12.2 Å². The first kappa shape index (κ1) is 23.3. The number of nitrogens with one attached hydrogen (secondary N) is 2. The van der Waals surface area contributed by atoms with E-state index in [1.54, 1.807) is 19.1 Å². The fourth-order valence-electron chi connectivity index (χ4n) is 3.45. The molecule has 0 saturated heterocycles. The molecule has 0 fully saturated rings. The van der Waals surface area contributed by atoms with Crippen LogP contribution in [0.15, 0.2) is 48.5 Å². The lowest BCUT2D eigenvalue weighted by molar-refractivity contribution is -0.143. The van der Waals surface area contributed by atoms with Gasteiger partial charge in [0.05, 0.1) is 11.3 Å². The van der Waals surface area contributed by atoms with Crippen LogP contribution in [0.1, 0.15) is 49.3 Å². The summed E-state index contributed by atoms with van der Waals surface area (Å²) in [5.74, 6) is -2.25. The van der Waals surface area contributed by atoms with Crippen molar-refractivity contribution in [2.75, 3.05) is 11.9 Å². The SMILES string of the molecule is CCC(C(=O)O)c1ccc(NC(=S)NCCC(C)(C(=O)O)c2ccccc2)cc1C. The van der Waals surface area contributed by atoms with E-state index in [2.05, 4.69) is 10.6 Å². The van der Waals surface area contributed by atoms with Crippen molar-refractivity contribution in [3.05, 3.63) is 65.2 Å². The second-order valence-corrected chi connectivity index (χ2v) is 7.91. The maximum absolute atomic E-state index is 11.9. The Morgan fingerprint density at radius 3 is 2.33 bits per heavy atom. The molecule has 0 radical (unpaired) electrons. The quantitative estimate of drug-likeness (QED) is 0.442. The number of thiocarbonyl (C=S) groups is 1. The second kappa shape index (κ2) is 10.2. The van der Waals surface area contributed by atoms with Crippen LogP contribution in [0.3, 0.4) is 0 Å². The van der Waals surface area contributed by atoms with Gasteiger partial charge in [-0.05, 0) is 67.7 Å². The second-order valence-electron chi connectivity index (χ2n) is 7.50. The highest BCUT2D eigenvalue weighted by molar-refractivity contribution is 7.80. The molecule has 4 N–H and O–H groups in total. The van der Waals surface area contributed by atoms with Crippen LogP contribution in [-0.4, -0.2) is 33.8 Å². The third kappa shape index (κ3) is 5.57. The summed E-state index contributed by atoms with van der Waals surface area (Å²) in [7, 11) is 0. The Hall–Kier alpha value is -2.93. The molecule has 6 nitrogen and oxygen atoms in total. The number of rotatable bonds is 9. The Morgan fingerprint density at radius 2 is 1.80 bits per heavy atom. The van der Waals surface area contributed by atoms with E-state index in [-0.39, 0.29) is 0 Å². The Balaban J connectivity index is 1.98. The van der Waals surface area contributed by atoms with Crippen molar-refractivity contribution in [3.8, 4) is 0 Å². The molecule has 0 amide bonds. The van der Waals surface area contributed by atoms with Crippen LogP contribution in [0.5, 0.6) is 0 Å². The molecule has 0 aliphatic heterocycles. The zero-order valence-corrected chi connectivity index (χ0v) is 18.3. The summed E-state index contributed by atoms with van der Waals surface area (Å²) in [5, 5.41) is 25.6. The number of carboxylic acid groups (broad SMARTS) is 2. The normalized spacial score (nSPS) is 13.7. The lowest BCUT2D eigenvalue weighted by atomic mass is 9.79. The van der Waals surface area contributed by atoms with Gasteiger partial charge in [-0.25, -0.2) is 0 Å². The molecule has 7 heteroatoms. The minimum absolute atomic E-state index is 0.364. The van der Waals surface area contributed by atoms with Gasteiger partial charge in [0.2, 0.25) is 0 Å². The van der Waals surface area contributed by atoms with Gasteiger partial charge in [-0.2, -0.15) is 0 Å². The van der Waals surface area contributed by atoms with Crippen LogP contribution in [0.4, 0.5) is 5.69 Å². The Morgan fingerprint density at radius 1 is 1.13 bits per heavy atom. The summed E-state index contributed by atoms with van der Waals surface area (Å²) in [6.45, 7) is 5.82. The summed E-state index contributed by atoms with van der Waals surface area (Å²) in [4.78, 5) is 23.3. The Bertz CT molecular complexity index is 917. The number of anilines is 1. The summed E-state index contributed by atoms with van der Waals surface area (Å²) < 4.78 is 0. The van der Waals surface area contributed by atoms with E-state index in [1.165, 1.54) is 0 Å². The molecule has 2 atom stereocenters. The summed E-state index contributed by atoms with van der Waals surface area (Å²) in [6, 6.07) is 14.6. The van der Waals surface area contributed by atoms with Gasteiger partial charge in [0.25, 0.3) is 0 Å². The van der Waals surface area contributed by atoms with Crippen LogP contribution >= 0.6 is 12.2 Å². The lowest BCUT2D eigenvalue weighted by Crippen LogP contribution is -2.38. The Labute approximate surface area is 182 Å². The summed E-state index contributed by atoms with van der Waals surface area (Å²) in [5.41, 5.74) is 2.13. The van der Waals surface area contributed by atoms with E-state index in [9.17, 15) is 19.8 Å².